The number of allylic oxidation sites excluding steroid dienone is 1. The molecule has 0 aliphatic rings. The molecular weight excluding hydrogens is 382 g/mol. The third kappa shape index (κ3) is 4.12. The van der Waals surface area contributed by atoms with Gasteiger partial charge in [0.25, 0.3) is 0 Å². The highest BCUT2D eigenvalue weighted by Crippen LogP contribution is 2.36. The second-order valence-corrected chi connectivity index (χ2v) is 8.02. The molecule has 4 rings (SSSR count). The standard InChI is InChI=1S/C26H27N5/c1-6-7-19-12-17(4)23(18(5)13-19)20-10-16(3)11-21-24(20)30-26(31-25(21)27)29-22-9-8-15(2)14-28-22/h6-14H,1-5H3,(H3,27,28,29,30,31)/b7-6+. The van der Waals surface area contributed by atoms with Crippen LogP contribution in [0.25, 0.3) is 28.1 Å². The Labute approximate surface area is 183 Å². The van der Waals surface area contributed by atoms with Gasteiger partial charge in [0.1, 0.15) is 11.6 Å². The molecule has 2 heterocycles. The van der Waals surface area contributed by atoms with Crippen molar-refractivity contribution in [2.45, 2.75) is 34.6 Å². The third-order valence-electron chi connectivity index (χ3n) is 5.31. The van der Waals surface area contributed by atoms with Crippen LogP contribution in [0.3, 0.4) is 0 Å². The Balaban J connectivity index is 1.91. The Morgan fingerprint density at radius 3 is 2.29 bits per heavy atom. The van der Waals surface area contributed by atoms with E-state index in [4.69, 9.17) is 10.7 Å². The Bertz CT molecular complexity index is 1280. The summed E-state index contributed by atoms with van der Waals surface area (Å²) in [6.45, 7) is 10.4. The molecule has 4 aromatic rings. The number of nitrogens with one attached hydrogen (secondary N) is 1. The van der Waals surface area contributed by atoms with Gasteiger partial charge in [0.15, 0.2) is 0 Å². The lowest BCUT2D eigenvalue weighted by molar-refractivity contribution is 1.18. The van der Waals surface area contributed by atoms with Crippen LogP contribution >= 0.6 is 0 Å². The van der Waals surface area contributed by atoms with Crippen molar-refractivity contribution >= 4 is 34.6 Å². The molecule has 3 N–H and O–H groups in total. The molecule has 2 aromatic carbocycles. The lowest BCUT2D eigenvalue weighted by atomic mass is 9.91. The van der Waals surface area contributed by atoms with Crippen molar-refractivity contribution in [3.63, 3.8) is 0 Å². The van der Waals surface area contributed by atoms with E-state index in [1.807, 2.05) is 32.0 Å². The van der Waals surface area contributed by atoms with Crippen LogP contribution in [0, 0.1) is 27.7 Å². The zero-order chi connectivity index (χ0) is 22.1. The van der Waals surface area contributed by atoms with E-state index in [0.717, 1.165) is 27.6 Å². The van der Waals surface area contributed by atoms with Crippen molar-refractivity contribution in [3.05, 3.63) is 76.5 Å². The number of benzene rings is 2. The minimum Gasteiger partial charge on any atom is -0.383 e. The van der Waals surface area contributed by atoms with Crippen molar-refractivity contribution in [2.75, 3.05) is 11.1 Å². The van der Waals surface area contributed by atoms with Crippen LogP contribution < -0.4 is 11.1 Å². The Morgan fingerprint density at radius 1 is 0.903 bits per heavy atom. The van der Waals surface area contributed by atoms with Gasteiger partial charge < -0.3 is 11.1 Å². The maximum atomic E-state index is 6.37. The van der Waals surface area contributed by atoms with Crippen molar-refractivity contribution in [1.82, 2.24) is 15.0 Å². The summed E-state index contributed by atoms with van der Waals surface area (Å²) in [4.78, 5) is 13.7. The molecule has 0 radical (unpaired) electrons. The molecule has 0 aliphatic carbocycles. The number of anilines is 3. The topological polar surface area (TPSA) is 76.7 Å². The van der Waals surface area contributed by atoms with Crippen LogP contribution in [0.15, 0.2) is 48.7 Å². The summed E-state index contributed by atoms with van der Waals surface area (Å²) >= 11 is 0. The quantitative estimate of drug-likeness (QED) is 0.414. The second kappa shape index (κ2) is 8.19. The predicted molar refractivity (Wildman–Crippen MR) is 131 cm³/mol. The zero-order valence-corrected chi connectivity index (χ0v) is 18.6. The van der Waals surface area contributed by atoms with Gasteiger partial charge in [-0.2, -0.15) is 4.98 Å². The van der Waals surface area contributed by atoms with E-state index in [1.165, 1.54) is 22.3 Å². The summed E-state index contributed by atoms with van der Waals surface area (Å²) in [5, 5.41) is 4.05. The number of aromatic nitrogens is 3. The largest absolute Gasteiger partial charge is 0.383 e. The predicted octanol–water partition coefficient (Wildman–Crippen LogP) is 6.28. The van der Waals surface area contributed by atoms with Gasteiger partial charge in [-0.1, -0.05) is 30.4 Å². The smallest absolute Gasteiger partial charge is 0.230 e. The molecule has 2 aromatic heterocycles. The fourth-order valence-electron chi connectivity index (χ4n) is 4.01. The summed E-state index contributed by atoms with van der Waals surface area (Å²) in [6, 6.07) is 12.5. The SMILES string of the molecule is C/C=C/c1cc(C)c(-c2cc(C)cc3c(N)nc(Nc4ccc(C)cn4)nc23)c(C)c1. The highest BCUT2D eigenvalue weighted by atomic mass is 15.2. The first-order valence-corrected chi connectivity index (χ1v) is 10.4. The maximum Gasteiger partial charge on any atom is 0.230 e. The van der Waals surface area contributed by atoms with Crippen LogP contribution in [0.5, 0.6) is 0 Å². The minimum atomic E-state index is 0.437. The average molecular weight is 410 g/mol. The van der Waals surface area contributed by atoms with E-state index in [-0.39, 0.29) is 0 Å². The highest BCUT2D eigenvalue weighted by molar-refractivity contribution is 6.01. The number of pyridine rings is 1. The molecule has 5 heteroatoms. The van der Waals surface area contributed by atoms with Crippen LogP contribution in [-0.2, 0) is 0 Å². The Kier molecular flexibility index (Phi) is 5.42. The number of aryl methyl sites for hydroxylation is 4. The molecule has 0 spiro atoms. The van der Waals surface area contributed by atoms with Crippen LogP contribution in [-0.4, -0.2) is 15.0 Å². The number of hydrogen-bond acceptors (Lipinski definition) is 5. The number of nitrogens with zero attached hydrogens (tertiary/aromatic N) is 3. The number of hydrogen-bond donors (Lipinski definition) is 2. The zero-order valence-electron chi connectivity index (χ0n) is 18.6. The van der Waals surface area contributed by atoms with Gasteiger partial charge >= 0.3 is 0 Å². The molecule has 0 fully saturated rings. The van der Waals surface area contributed by atoms with Crippen molar-refractivity contribution in [3.8, 4) is 11.1 Å². The fraction of sp³-hybridized carbons (Fsp3) is 0.192. The van der Waals surface area contributed by atoms with E-state index in [0.29, 0.717) is 17.6 Å². The molecule has 156 valence electrons. The van der Waals surface area contributed by atoms with Gasteiger partial charge in [-0.25, -0.2) is 9.97 Å². The number of fused-ring (bicyclic) bond motifs is 1. The normalized spacial score (nSPS) is 11.4. The van der Waals surface area contributed by atoms with Gasteiger partial charge in [0.05, 0.1) is 5.52 Å². The number of rotatable bonds is 4. The van der Waals surface area contributed by atoms with Crippen molar-refractivity contribution < 1.29 is 0 Å². The van der Waals surface area contributed by atoms with Crippen LogP contribution in [0.4, 0.5) is 17.6 Å². The molecule has 0 saturated carbocycles. The Morgan fingerprint density at radius 2 is 1.65 bits per heavy atom. The summed E-state index contributed by atoms with van der Waals surface area (Å²) in [5.41, 5.74) is 15.3. The summed E-state index contributed by atoms with van der Waals surface area (Å²) in [7, 11) is 0. The lowest BCUT2D eigenvalue weighted by Gasteiger charge is -2.16. The van der Waals surface area contributed by atoms with Crippen molar-refractivity contribution in [1.29, 1.82) is 0 Å². The van der Waals surface area contributed by atoms with Gasteiger partial charge in [-0.15, -0.1) is 0 Å². The van der Waals surface area contributed by atoms with Crippen LogP contribution in [0.2, 0.25) is 0 Å². The summed E-state index contributed by atoms with van der Waals surface area (Å²) in [5.74, 6) is 1.57. The molecule has 0 unspecified atom stereocenters. The highest BCUT2D eigenvalue weighted by Gasteiger charge is 2.16. The summed E-state index contributed by atoms with van der Waals surface area (Å²) < 4.78 is 0. The van der Waals surface area contributed by atoms with Crippen LogP contribution in [0.1, 0.15) is 34.7 Å². The summed E-state index contributed by atoms with van der Waals surface area (Å²) in [6.07, 6.45) is 5.98. The molecule has 0 bridgehead atoms. The van der Waals surface area contributed by atoms with E-state index >= 15 is 0 Å². The average Bonchev–Trinajstić information content (AvgIpc) is 2.70. The first-order valence-electron chi connectivity index (χ1n) is 10.4. The minimum absolute atomic E-state index is 0.437. The maximum absolute atomic E-state index is 6.37. The second-order valence-electron chi connectivity index (χ2n) is 8.02. The first kappa shape index (κ1) is 20.5. The molecule has 5 nitrogen and oxygen atoms in total. The van der Waals surface area contributed by atoms with Gasteiger partial charge in [0.2, 0.25) is 5.95 Å². The molecule has 0 atom stereocenters. The van der Waals surface area contributed by atoms with Gasteiger partial charge in [-0.05, 0) is 86.2 Å². The molecule has 0 saturated heterocycles. The first-order chi connectivity index (χ1) is 14.9. The Hall–Kier alpha value is -3.73. The van der Waals surface area contributed by atoms with E-state index < -0.39 is 0 Å². The van der Waals surface area contributed by atoms with E-state index in [1.54, 1.807) is 6.20 Å². The van der Waals surface area contributed by atoms with Gasteiger partial charge in [-0.3, -0.25) is 0 Å². The fourth-order valence-corrected chi connectivity index (χ4v) is 4.01. The van der Waals surface area contributed by atoms with Gasteiger partial charge in [0, 0.05) is 17.1 Å². The molecular formula is C26H27N5. The number of nitrogens with two attached hydrogens (primary N) is 1. The van der Waals surface area contributed by atoms with Crippen molar-refractivity contribution in [2.24, 2.45) is 0 Å². The van der Waals surface area contributed by atoms with E-state index in [9.17, 15) is 0 Å². The van der Waals surface area contributed by atoms with E-state index in [2.05, 4.69) is 66.4 Å². The lowest BCUT2D eigenvalue weighted by Crippen LogP contribution is -2.04. The molecule has 31 heavy (non-hydrogen) atoms. The third-order valence-corrected chi connectivity index (χ3v) is 5.31. The number of nitrogen functional groups attached to an aromatic ring is 1. The molecule has 0 amide bonds. The monoisotopic (exact) mass is 409 g/mol. The molecule has 0 aliphatic heterocycles.